The highest BCUT2D eigenvalue weighted by molar-refractivity contribution is 5.91. The molecule has 0 aliphatic carbocycles. The zero-order valence-corrected chi connectivity index (χ0v) is 20.0. The largest absolute Gasteiger partial charge is 0.356 e. The monoisotopic (exact) mass is 476 g/mol. The smallest absolute Gasteiger partial charge is 0.208 e. The Morgan fingerprint density at radius 1 is 0.722 bits per heavy atom. The zero-order chi connectivity index (χ0) is 24.1. The number of benzene rings is 2. The van der Waals surface area contributed by atoms with Crippen molar-refractivity contribution in [3.63, 3.8) is 0 Å². The number of hydrogen-bond donors (Lipinski definition) is 4. The fraction of sp³-hybridized carbons (Fsp3) is 0.276. The molecule has 5 aromatic rings. The van der Waals surface area contributed by atoms with Gasteiger partial charge in [0.1, 0.15) is 11.3 Å². The summed E-state index contributed by atoms with van der Waals surface area (Å²) >= 11 is 0. The van der Waals surface area contributed by atoms with Gasteiger partial charge < -0.3 is 20.6 Å². The molecule has 7 rings (SSSR count). The summed E-state index contributed by atoms with van der Waals surface area (Å²) in [6.45, 7) is 2.04. The molecular formula is C29H28N6O. The van der Waals surface area contributed by atoms with Crippen molar-refractivity contribution in [2.75, 3.05) is 13.1 Å². The molecule has 2 atom stereocenters. The van der Waals surface area contributed by atoms with Crippen molar-refractivity contribution in [2.24, 2.45) is 0 Å². The number of rotatable bonds is 4. The summed E-state index contributed by atoms with van der Waals surface area (Å²) in [6, 6.07) is 17.2. The average molecular weight is 477 g/mol. The third-order valence-electron chi connectivity index (χ3n) is 7.59. The van der Waals surface area contributed by atoms with E-state index in [9.17, 15) is 4.79 Å². The standard InChI is InChI=1S/C29H28N6O/c36-27-14-24(22-3-1-9-30-22)34-25-13-21(15-32-28(25)27)19-6-5-18-12-20(8-7-17(18)11-19)26-16-33-29(35-26)23-4-2-10-31-23/h5-8,11-16,22-23,30-31H,1-4,9-10H2,(H,33,35)(H,34,36). The van der Waals surface area contributed by atoms with E-state index in [-0.39, 0.29) is 11.5 Å². The molecule has 0 amide bonds. The molecule has 0 bridgehead atoms. The van der Waals surface area contributed by atoms with Crippen LogP contribution in [0.1, 0.15) is 49.3 Å². The summed E-state index contributed by atoms with van der Waals surface area (Å²) in [4.78, 5) is 28.8. The third kappa shape index (κ3) is 3.81. The number of aromatic nitrogens is 4. The maximum atomic E-state index is 12.7. The number of aromatic amines is 2. The average Bonchev–Trinajstić information content (AvgIpc) is 3.70. The lowest BCUT2D eigenvalue weighted by atomic mass is 10.00. The molecule has 2 aliphatic heterocycles. The van der Waals surface area contributed by atoms with Gasteiger partial charge in [-0.3, -0.25) is 4.79 Å². The summed E-state index contributed by atoms with van der Waals surface area (Å²) in [5, 5.41) is 9.29. The van der Waals surface area contributed by atoms with Gasteiger partial charge in [0.05, 0.1) is 23.4 Å². The van der Waals surface area contributed by atoms with E-state index in [1.807, 2.05) is 12.3 Å². The Hall–Kier alpha value is -3.81. The lowest BCUT2D eigenvalue weighted by Crippen LogP contribution is -2.17. The molecule has 5 heterocycles. The zero-order valence-electron chi connectivity index (χ0n) is 20.0. The lowest BCUT2D eigenvalue weighted by Gasteiger charge is -2.12. The Kier molecular flexibility index (Phi) is 5.18. The molecule has 2 aliphatic rings. The Balaban J connectivity index is 1.21. The molecule has 180 valence electrons. The Morgan fingerprint density at radius 3 is 2.25 bits per heavy atom. The number of hydrogen-bond acceptors (Lipinski definition) is 5. The molecule has 2 aromatic carbocycles. The fourth-order valence-electron chi connectivity index (χ4n) is 5.62. The van der Waals surface area contributed by atoms with Gasteiger partial charge in [0.25, 0.3) is 0 Å². The highest BCUT2D eigenvalue weighted by Gasteiger charge is 2.20. The van der Waals surface area contributed by atoms with Gasteiger partial charge in [-0.25, -0.2) is 9.97 Å². The number of H-pyrrole nitrogens is 2. The molecule has 0 saturated carbocycles. The van der Waals surface area contributed by atoms with E-state index in [4.69, 9.17) is 0 Å². The van der Waals surface area contributed by atoms with Crippen molar-refractivity contribution in [3.8, 4) is 22.4 Å². The van der Waals surface area contributed by atoms with Crippen LogP contribution in [0, 0.1) is 0 Å². The molecule has 3 aromatic heterocycles. The van der Waals surface area contributed by atoms with E-state index < -0.39 is 0 Å². The minimum Gasteiger partial charge on any atom is -0.356 e. The van der Waals surface area contributed by atoms with Crippen molar-refractivity contribution in [2.45, 2.75) is 37.8 Å². The minimum absolute atomic E-state index is 0.0317. The summed E-state index contributed by atoms with van der Waals surface area (Å²) < 4.78 is 0. The molecule has 0 spiro atoms. The second kappa shape index (κ2) is 8.69. The molecule has 36 heavy (non-hydrogen) atoms. The first-order valence-electron chi connectivity index (χ1n) is 12.8. The second-order valence-electron chi connectivity index (χ2n) is 9.97. The number of imidazole rings is 1. The van der Waals surface area contributed by atoms with Crippen molar-refractivity contribution < 1.29 is 0 Å². The number of nitrogens with one attached hydrogen (secondary N) is 4. The van der Waals surface area contributed by atoms with Crippen molar-refractivity contribution in [3.05, 3.63) is 82.7 Å². The van der Waals surface area contributed by atoms with Crippen LogP contribution in [0.3, 0.4) is 0 Å². The van der Waals surface area contributed by atoms with Gasteiger partial charge in [-0.05, 0) is 73.3 Å². The van der Waals surface area contributed by atoms with E-state index in [2.05, 4.69) is 67.0 Å². The van der Waals surface area contributed by atoms with Crippen LogP contribution in [0.5, 0.6) is 0 Å². The van der Waals surface area contributed by atoms with Crippen molar-refractivity contribution in [1.82, 2.24) is 30.6 Å². The van der Waals surface area contributed by atoms with Gasteiger partial charge in [0.2, 0.25) is 5.43 Å². The Bertz CT molecular complexity index is 1640. The molecule has 7 heteroatoms. The Morgan fingerprint density at radius 2 is 1.47 bits per heavy atom. The first kappa shape index (κ1) is 21.5. The highest BCUT2D eigenvalue weighted by atomic mass is 16.1. The normalized spacial score (nSPS) is 20.0. The summed E-state index contributed by atoms with van der Waals surface area (Å²) in [5.41, 5.74) is 6.42. The highest BCUT2D eigenvalue weighted by Crippen LogP contribution is 2.30. The van der Waals surface area contributed by atoms with E-state index in [1.54, 1.807) is 12.3 Å². The fourth-order valence-corrected chi connectivity index (χ4v) is 5.62. The first-order valence-corrected chi connectivity index (χ1v) is 12.8. The summed E-state index contributed by atoms with van der Waals surface area (Å²) in [5.74, 6) is 1.02. The lowest BCUT2D eigenvalue weighted by molar-refractivity contribution is 0.613. The van der Waals surface area contributed by atoms with Gasteiger partial charge in [-0.1, -0.05) is 24.3 Å². The SMILES string of the molecule is O=c1cc(C2CCCN2)[nH]c2cc(-c3ccc4cc(-c5cnc(C6CCCN6)[nH]5)ccc4c3)cnc12. The van der Waals surface area contributed by atoms with Crippen LogP contribution in [0.15, 0.2) is 65.7 Å². The van der Waals surface area contributed by atoms with Crippen LogP contribution in [0.25, 0.3) is 44.2 Å². The number of fused-ring (bicyclic) bond motifs is 2. The van der Waals surface area contributed by atoms with Crippen LogP contribution in [0.4, 0.5) is 0 Å². The molecule has 2 saturated heterocycles. The van der Waals surface area contributed by atoms with Crippen LogP contribution < -0.4 is 16.1 Å². The molecule has 7 nitrogen and oxygen atoms in total. The van der Waals surface area contributed by atoms with Gasteiger partial charge in [0, 0.05) is 35.1 Å². The van der Waals surface area contributed by atoms with E-state index >= 15 is 0 Å². The maximum absolute atomic E-state index is 12.7. The summed E-state index contributed by atoms with van der Waals surface area (Å²) in [7, 11) is 0. The predicted molar refractivity (Wildman–Crippen MR) is 143 cm³/mol. The molecule has 2 fully saturated rings. The van der Waals surface area contributed by atoms with Gasteiger partial charge in [-0.15, -0.1) is 0 Å². The molecule has 0 radical (unpaired) electrons. The number of pyridine rings is 2. The molecule has 2 unspecified atom stereocenters. The third-order valence-corrected chi connectivity index (χ3v) is 7.59. The maximum Gasteiger partial charge on any atom is 0.208 e. The van der Waals surface area contributed by atoms with Crippen LogP contribution >= 0.6 is 0 Å². The molecule has 4 N–H and O–H groups in total. The van der Waals surface area contributed by atoms with E-state index in [0.29, 0.717) is 11.6 Å². The quantitative estimate of drug-likeness (QED) is 0.293. The van der Waals surface area contributed by atoms with Crippen LogP contribution in [-0.4, -0.2) is 33.0 Å². The van der Waals surface area contributed by atoms with E-state index in [0.717, 1.165) is 77.2 Å². The minimum atomic E-state index is -0.0317. The predicted octanol–water partition coefficient (Wildman–Crippen LogP) is 4.98. The Labute approximate surface area is 208 Å². The first-order chi connectivity index (χ1) is 17.7. The van der Waals surface area contributed by atoms with Gasteiger partial charge in [0.15, 0.2) is 0 Å². The second-order valence-corrected chi connectivity index (χ2v) is 9.97. The van der Waals surface area contributed by atoms with Crippen molar-refractivity contribution >= 4 is 21.8 Å². The number of nitrogens with zero attached hydrogens (tertiary/aromatic N) is 2. The van der Waals surface area contributed by atoms with Gasteiger partial charge in [-0.2, -0.15) is 0 Å². The topological polar surface area (TPSA) is 98.5 Å². The van der Waals surface area contributed by atoms with Crippen molar-refractivity contribution in [1.29, 1.82) is 0 Å². The van der Waals surface area contributed by atoms with Gasteiger partial charge >= 0.3 is 0 Å². The molecular weight excluding hydrogens is 448 g/mol. The summed E-state index contributed by atoms with van der Waals surface area (Å²) in [6.07, 6.45) is 8.22. The van der Waals surface area contributed by atoms with E-state index in [1.165, 1.54) is 11.8 Å². The van der Waals surface area contributed by atoms with Crippen LogP contribution in [-0.2, 0) is 0 Å². The van der Waals surface area contributed by atoms with Crippen LogP contribution in [0.2, 0.25) is 0 Å².